The highest BCUT2D eigenvalue weighted by Crippen LogP contribution is 2.16. The van der Waals surface area contributed by atoms with Crippen LogP contribution in [-0.4, -0.2) is 49.8 Å². The van der Waals surface area contributed by atoms with Crippen molar-refractivity contribution in [3.8, 4) is 0 Å². The van der Waals surface area contributed by atoms with Crippen LogP contribution in [-0.2, 0) is 14.3 Å². The summed E-state index contributed by atoms with van der Waals surface area (Å²) in [6.45, 7) is 11.8. The van der Waals surface area contributed by atoms with E-state index < -0.39 is 5.41 Å². The zero-order chi connectivity index (χ0) is 12.2. The molecule has 0 aromatic carbocycles. The van der Waals surface area contributed by atoms with Crippen LogP contribution in [0.1, 0.15) is 27.7 Å². The van der Waals surface area contributed by atoms with Gasteiger partial charge in [-0.2, -0.15) is 0 Å². The van der Waals surface area contributed by atoms with Crippen molar-refractivity contribution in [3.05, 3.63) is 0 Å². The first-order chi connectivity index (χ1) is 7.39. The number of rotatable bonds is 3. The van der Waals surface area contributed by atoms with Crippen molar-refractivity contribution >= 4 is 5.97 Å². The van der Waals surface area contributed by atoms with E-state index in [0.29, 0.717) is 0 Å². The second kappa shape index (κ2) is 5.64. The summed E-state index contributed by atoms with van der Waals surface area (Å²) in [5.74, 6) is -0.131. The van der Waals surface area contributed by atoms with Crippen molar-refractivity contribution < 1.29 is 14.3 Å². The van der Waals surface area contributed by atoms with Crippen LogP contribution < -0.4 is 0 Å². The summed E-state index contributed by atoms with van der Waals surface area (Å²) in [5, 5.41) is 0. The van der Waals surface area contributed by atoms with Crippen molar-refractivity contribution in [3.63, 3.8) is 0 Å². The Labute approximate surface area is 97.9 Å². The summed E-state index contributed by atoms with van der Waals surface area (Å²) in [4.78, 5) is 13.9. The number of esters is 1. The third-order valence-electron chi connectivity index (χ3n) is 2.54. The summed E-state index contributed by atoms with van der Waals surface area (Å²) in [7, 11) is 0. The van der Waals surface area contributed by atoms with Gasteiger partial charge in [-0.25, -0.2) is 0 Å². The Bertz CT molecular complexity index is 229. The predicted molar refractivity (Wildman–Crippen MR) is 62.3 cm³/mol. The number of hydrogen-bond acceptors (Lipinski definition) is 4. The molecule has 1 heterocycles. The molecule has 4 nitrogen and oxygen atoms in total. The second-order valence-electron chi connectivity index (χ2n) is 5.38. The minimum atomic E-state index is -0.417. The number of nitrogens with zero attached hydrogens (tertiary/aromatic N) is 1. The molecular weight excluding hydrogens is 206 g/mol. The van der Waals surface area contributed by atoms with E-state index in [0.717, 1.165) is 32.8 Å². The van der Waals surface area contributed by atoms with E-state index in [1.165, 1.54) is 0 Å². The van der Waals surface area contributed by atoms with Crippen molar-refractivity contribution in [1.29, 1.82) is 0 Å². The minimum absolute atomic E-state index is 0.0511. The monoisotopic (exact) mass is 229 g/mol. The average Bonchev–Trinajstić information content (AvgIpc) is 2.17. The molecule has 16 heavy (non-hydrogen) atoms. The number of carbonyl (C=O) groups is 1. The highest BCUT2D eigenvalue weighted by molar-refractivity contribution is 5.75. The quantitative estimate of drug-likeness (QED) is 0.684. The molecule has 94 valence electrons. The molecule has 0 N–H and O–H groups in total. The molecule has 0 amide bonds. The molecule has 1 aliphatic heterocycles. The van der Waals surface area contributed by atoms with Gasteiger partial charge in [0.05, 0.1) is 18.6 Å². The van der Waals surface area contributed by atoms with Gasteiger partial charge in [0, 0.05) is 19.6 Å². The molecule has 0 radical (unpaired) electrons. The van der Waals surface area contributed by atoms with E-state index in [1.807, 2.05) is 27.7 Å². The molecule has 0 unspecified atom stereocenters. The molecule has 0 aromatic heterocycles. The maximum atomic E-state index is 11.7. The summed E-state index contributed by atoms with van der Waals surface area (Å²) >= 11 is 0. The summed E-state index contributed by atoms with van der Waals surface area (Å²) in [5.41, 5.74) is -0.417. The molecule has 1 saturated heterocycles. The molecule has 4 heteroatoms. The maximum Gasteiger partial charge on any atom is 0.311 e. The molecule has 1 rings (SSSR count). The third kappa shape index (κ3) is 4.49. The lowest BCUT2D eigenvalue weighted by molar-refractivity contribution is -0.159. The van der Waals surface area contributed by atoms with Gasteiger partial charge in [-0.05, 0) is 27.7 Å². The van der Waals surface area contributed by atoms with Crippen LogP contribution in [0.2, 0.25) is 0 Å². The minimum Gasteiger partial charge on any atom is -0.461 e. The zero-order valence-electron chi connectivity index (χ0n) is 10.8. The Morgan fingerprint density at radius 1 is 1.38 bits per heavy atom. The van der Waals surface area contributed by atoms with E-state index in [-0.39, 0.29) is 12.1 Å². The SMILES string of the molecule is C[C@@H](CN1CCOCC1)OC(=O)C(C)(C)C. The molecule has 1 fully saturated rings. The Balaban J connectivity index is 2.29. The lowest BCUT2D eigenvalue weighted by atomic mass is 9.97. The fourth-order valence-electron chi connectivity index (χ4n) is 1.54. The second-order valence-corrected chi connectivity index (χ2v) is 5.38. The first-order valence-electron chi connectivity index (χ1n) is 5.91. The van der Waals surface area contributed by atoms with Gasteiger partial charge in [0.25, 0.3) is 0 Å². The van der Waals surface area contributed by atoms with Crippen LogP contribution >= 0.6 is 0 Å². The van der Waals surface area contributed by atoms with Crippen molar-refractivity contribution in [2.45, 2.75) is 33.8 Å². The van der Waals surface area contributed by atoms with Crippen LogP contribution in [0.5, 0.6) is 0 Å². The zero-order valence-corrected chi connectivity index (χ0v) is 10.8. The number of ether oxygens (including phenoxy) is 2. The third-order valence-corrected chi connectivity index (χ3v) is 2.54. The normalized spacial score (nSPS) is 20.5. The number of morpholine rings is 1. The Morgan fingerprint density at radius 2 is 1.94 bits per heavy atom. The van der Waals surface area contributed by atoms with Crippen molar-refractivity contribution in [2.75, 3.05) is 32.8 Å². The van der Waals surface area contributed by atoms with Crippen molar-refractivity contribution in [1.82, 2.24) is 4.90 Å². The largest absolute Gasteiger partial charge is 0.461 e. The smallest absolute Gasteiger partial charge is 0.311 e. The summed E-state index contributed by atoms with van der Waals surface area (Å²) in [6.07, 6.45) is -0.0511. The Kier molecular flexibility index (Phi) is 4.74. The van der Waals surface area contributed by atoms with Gasteiger partial charge >= 0.3 is 5.97 Å². The fraction of sp³-hybridized carbons (Fsp3) is 0.917. The van der Waals surface area contributed by atoms with Gasteiger partial charge in [0.2, 0.25) is 0 Å². The van der Waals surface area contributed by atoms with E-state index in [4.69, 9.17) is 9.47 Å². The molecule has 0 bridgehead atoms. The summed E-state index contributed by atoms with van der Waals surface area (Å²) in [6, 6.07) is 0. The van der Waals surface area contributed by atoms with E-state index in [2.05, 4.69) is 4.90 Å². The number of carbonyl (C=O) groups excluding carboxylic acids is 1. The Hall–Kier alpha value is -0.610. The topological polar surface area (TPSA) is 38.8 Å². The lowest BCUT2D eigenvalue weighted by Gasteiger charge is -2.30. The van der Waals surface area contributed by atoms with Gasteiger partial charge in [-0.15, -0.1) is 0 Å². The van der Waals surface area contributed by atoms with Crippen LogP contribution in [0, 0.1) is 5.41 Å². The lowest BCUT2D eigenvalue weighted by Crippen LogP contribution is -2.42. The predicted octanol–water partition coefficient (Wildman–Crippen LogP) is 1.30. The van der Waals surface area contributed by atoms with E-state index in [1.54, 1.807) is 0 Å². The van der Waals surface area contributed by atoms with E-state index in [9.17, 15) is 4.79 Å². The maximum absolute atomic E-state index is 11.7. The standard InChI is InChI=1S/C12H23NO3/c1-10(16-11(14)12(2,3)4)9-13-5-7-15-8-6-13/h10H,5-9H2,1-4H3/t10-/m0/s1. The first kappa shape index (κ1) is 13.5. The van der Waals surface area contributed by atoms with Crippen LogP contribution in [0.15, 0.2) is 0 Å². The van der Waals surface area contributed by atoms with E-state index >= 15 is 0 Å². The average molecular weight is 229 g/mol. The molecule has 0 saturated carbocycles. The molecule has 0 aromatic rings. The molecule has 0 spiro atoms. The highest BCUT2D eigenvalue weighted by Gasteiger charge is 2.25. The van der Waals surface area contributed by atoms with Gasteiger partial charge in [-0.1, -0.05) is 0 Å². The molecular formula is C12H23NO3. The van der Waals surface area contributed by atoms with Crippen LogP contribution in [0.4, 0.5) is 0 Å². The number of hydrogen-bond donors (Lipinski definition) is 0. The van der Waals surface area contributed by atoms with Gasteiger partial charge in [0.1, 0.15) is 6.10 Å². The highest BCUT2D eigenvalue weighted by atomic mass is 16.5. The molecule has 0 aliphatic carbocycles. The summed E-state index contributed by atoms with van der Waals surface area (Å²) < 4.78 is 10.7. The van der Waals surface area contributed by atoms with Crippen LogP contribution in [0.3, 0.4) is 0 Å². The van der Waals surface area contributed by atoms with Crippen molar-refractivity contribution in [2.24, 2.45) is 5.41 Å². The van der Waals surface area contributed by atoms with Gasteiger partial charge in [0.15, 0.2) is 0 Å². The van der Waals surface area contributed by atoms with Crippen LogP contribution in [0.25, 0.3) is 0 Å². The molecule has 1 aliphatic rings. The first-order valence-corrected chi connectivity index (χ1v) is 5.91. The molecule has 1 atom stereocenters. The van der Waals surface area contributed by atoms with Gasteiger partial charge < -0.3 is 9.47 Å². The van der Waals surface area contributed by atoms with Gasteiger partial charge in [-0.3, -0.25) is 9.69 Å². The Morgan fingerprint density at radius 3 is 2.44 bits per heavy atom. The fourth-order valence-corrected chi connectivity index (χ4v) is 1.54.